The highest BCUT2D eigenvalue weighted by molar-refractivity contribution is 4.84. The number of aromatic nitrogens is 2. The van der Waals surface area contributed by atoms with Gasteiger partial charge in [0.2, 0.25) is 0 Å². The van der Waals surface area contributed by atoms with Gasteiger partial charge in [0.15, 0.2) is 0 Å². The molecule has 0 saturated heterocycles. The molecular formula is C10H17N3O. The highest BCUT2D eigenvalue weighted by Gasteiger charge is 2.20. The summed E-state index contributed by atoms with van der Waals surface area (Å²) in [6, 6.07) is 1.68. The van der Waals surface area contributed by atoms with Crippen LogP contribution >= 0.6 is 0 Å². The van der Waals surface area contributed by atoms with Gasteiger partial charge in [0.05, 0.1) is 0 Å². The first-order valence-corrected chi connectivity index (χ1v) is 4.68. The number of nitrogens with zero attached hydrogens (tertiary/aromatic N) is 2. The van der Waals surface area contributed by atoms with Crippen LogP contribution in [-0.2, 0) is 6.54 Å². The lowest BCUT2D eigenvalue weighted by Gasteiger charge is -2.27. The molecule has 0 aromatic carbocycles. The van der Waals surface area contributed by atoms with Crippen molar-refractivity contribution in [3.63, 3.8) is 0 Å². The van der Waals surface area contributed by atoms with Crippen molar-refractivity contribution in [2.75, 3.05) is 0 Å². The van der Waals surface area contributed by atoms with Crippen molar-refractivity contribution in [2.24, 2.45) is 11.1 Å². The van der Waals surface area contributed by atoms with E-state index in [1.807, 2.05) is 0 Å². The van der Waals surface area contributed by atoms with E-state index < -0.39 is 0 Å². The first-order chi connectivity index (χ1) is 6.41. The van der Waals surface area contributed by atoms with Crippen molar-refractivity contribution < 1.29 is 0 Å². The van der Waals surface area contributed by atoms with E-state index in [1.54, 1.807) is 12.3 Å². The quantitative estimate of drug-likeness (QED) is 0.752. The van der Waals surface area contributed by atoms with Gasteiger partial charge in [-0.05, 0) is 11.5 Å². The van der Waals surface area contributed by atoms with E-state index in [9.17, 15) is 4.79 Å². The monoisotopic (exact) mass is 195 g/mol. The zero-order chi connectivity index (χ0) is 10.8. The molecule has 0 aliphatic rings. The lowest BCUT2D eigenvalue weighted by molar-refractivity contribution is 0.288. The molecule has 1 aromatic rings. The zero-order valence-electron chi connectivity index (χ0n) is 8.90. The molecule has 2 N–H and O–H groups in total. The van der Waals surface area contributed by atoms with Gasteiger partial charge in [-0.15, -0.1) is 0 Å². The van der Waals surface area contributed by atoms with Gasteiger partial charge < -0.3 is 5.73 Å². The molecular weight excluding hydrogens is 178 g/mol. The Morgan fingerprint density at radius 3 is 2.71 bits per heavy atom. The van der Waals surface area contributed by atoms with Crippen LogP contribution < -0.4 is 11.4 Å². The molecule has 0 amide bonds. The summed E-state index contributed by atoms with van der Waals surface area (Å²) in [4.78, 5) is 14.9. The Morgan fingerprint density at radius 1 is 1.57 bits per heavy atom. The molecule has 0 fully saturated rings. The van der Waals surface area contributed by atoms with Crippen molar-refractivity contribution in [3.05, 3.63) is 28.9 Å². The zero-order valence-corrected chi connectivity index (χ0v) is 8.90. The van der Waals surface area contributed by atoms with Crippen LogP contribution in [-0.4, -0.2) is 15.6 Å². The van der Waals surface area contributed by atoms with Crippen LogP contribution in [0.2, 0.25) is 0 Å². The molecule has 1 unspecified atom stereocenters. The number of hydrogen-bond acceptors (Lipinski definition) is 3. The maximum atomic E-state index is 11.3. The minimum absolute atomic E-state index is 0.00468. The fraction of sp³-hybridized carbons (Fsp3) is 0.600. The standard InChI is InChI=1S/C10H17N3O/c1-10(2,3)8(11)7-13-6-4-5-12-9(13)14/h4-6,8H,7,11H2,1-3H3. The van der Waals surface area contributed by atoms with Gasteiger partial charge in [0, 0.05) is 25.0 Å². The molecule has 0 bridgehead atoms. The SMILES string of the molecule is CC(C)(C)C(N)Cn1cccnc1=O. The molecule has 0 aliphatic heterocycles. The van der Waals surface area contributed by atoms with Gasteiger partial charge in [-0.25, -0.2) is 9.78 Å². The Hall–Kier alpha value is -1.16. The Balaban J connectivity index is 2.80. The Kier molecular flexibility index (Phi) is 3.06. The number of rotatable bonds is 2. The molecule has 4 nitrogen and oxygen atoms in total. The molecule has 14 heavy (non-hydrogen) atoms. The second-order valence-electron chi connectivity index (χ2n) is 4.53. The van der Waals surface area contributed by atoms with E-state index in [0.717, 1.165) is 0 Å². The van der Waals surface area contributed by atoms with E-state index in [2.05, 4.69) is 25.8 Å². The highest BCUT2D eigenvalue weighted by atomic mass is 16.1. The lowest BCUT2D eigenvalue weighted by Crippen LogP contribution is -2.41. The average Bonchev–Trinajstić information content (AvgIpc) is 2.07. The van der Waals surface area contributed by atoms with Crippen LogP contribution in [0.5, 0.6) is 0 Å². The maximum absolute atomic E-state index is 11.3. The van der Waals surface area contributed by atoms with Gasteiger partial charge in [-0.1, -0.05) is 20.8 Å². The minimum atomic E-state index is -0.243. The average molecular weight is 195 g/mol. The molecule has 4 heteroatoms. The first kappa shape index (κ1) is 10.9. The Morgan fingerprint density at radius 2 is 2.21 bits per heavy atom. The summed E-state index contributed by atoms with van der Waals surface area (Å²) in [6.45, 7) is 6.67. The van der Waals surface area contributed by atoms with Gasteiger partial charge in [0.1, 0.15) is 0 Å². The van der Waals surface area contributed by atoms with Gasteiger partial charge in [-0.3, -0.25) is 4.57 Å². The molecule has 0 saturated carbocycles. The van der Waals surface area contributed by atoms with E-state index in [4.69, 9.17) is 5.73 Å². The molecule has 0 radical (unpaired) electrons. The second kappa shape index (κ2) is 3.92. The molecule has 1 aromatic heterocycles. The van der Waals surface area contributed by atoms with Crippen molar-refractivity contribution in [1.29, 1.82) is 0 Å². The summed E-state index contributed by atoms with van der Waals surface area (Å²) in [7, 11) is 0. The number of nitrogens with two attached hydrogens (primary N) is 1. The fourth-order valence-electron chi connectivity index (χ4n) is 1.01. The van der Waals surface area contributed by atoms with Crippen LogP contribution in [0.4, 0.5) is 0 Å². The predicted molar refractivity (Wildman–Crippen MR) is 55.9 cm³/mol. The summed E-state index contributed by atoms with van der Waals surface area (Å²) in [5.74, 6) is 0. The normalized spacial score (nSPS) is 14.0. The lowest BCUT2D eigenvalue weighted by atomic mass is 9.87. The summed E-state index contributed by atoms with van der Waals surface area (Å²) in [5, 5.41) is 0. The van der Waals surface area contributed by atoms with Gasteiger partial charge >= 0.3 is 5.69 Å². The Labute approximate surface area is 83.8 Å². The first-order valence-electron chi connectivity index (χ1n) is 4.68. The summed E-state index contributed by atoms with van der Waals surface area (Å²) in [5.41, 5.74) is 5.72. The highest BCUT2D eigenvalue weighted by Crippen LogP contribution is 2.17. The van der Waals surface area contributed by atoms with Gasteiger partial charge in [-0.2, -0.15) is 0 Å². The third-order valence-corrected chi connectivity index (χ3v) is 2.29. The van der Waals surface area contributed by atoms with Crippen molar-refractivity contribution in [2.45, 2.75) is 33.4 Å². The van der Waals surface area contributed by atoms with Crippen LogP contribution in [0.1, 0.15) is 20.8 Å². The smallest absolute Gasteiger partial charge is 0.326 e. The van der Waals surface area contributed by atoms with Crippen LogP contribution in [0.3, 0.4) is 0 Å². The third-order valence-electron chi connectivity index (χ3n) is 2.29. The van der Waals surface area contributed by atoms with Crippen LogP contribution in [0.15, 0.2) is 23.3 Å². The molecule has 1 rings (SSSR count). The third kappa shape index (κ3) is 2.67. The van der Waals surface area contributed by atoms with Crippen molar-refractivity contribution >= 4 is 0 Å². The van der Waals surface area contributed by atoms with E-state index >= 15 is 0 Å². The summed E-state index contributed by atoms with van der Waals surface area (Å²) < 4.78 is 1.54. The molecule has 0 spiro atoms. The van der Waals surface area contributed by atoms with Crippen LogP contribution in [0, 0.1) is 5.41 Å². The number of hydrogen-bond donors (Lipinski definition) is 1. The summed E-state index contributed by atoms with van der Waals surface area (Å²) >= 11 is 0. The molecule has 1 atom stereocenters. The van der Waals surface area contributed by atoms with E-state index in [1.165, 1.54) is 10.8 Å². The second-order valence-corrected chi connectivity index (χ2v) is 4.53. The molecule has 0 aliphatic carbocycles. The minimum Gasteiger partial charge on any atom is -0.326 e. The molecule has 1 heterocycles. The predicted octanol–water partition coefficient (Wildman–Crippen LogP) is 0.617. The molecule has 78 valence electrons. The van der Waals surface area contributed by atoms with E-state index in [0.29, 0.717) is 6.54 Å². The Bertz CT molecular complexity index is 351. The maximum Gasteiger partial charge on any atom is 0.347 e. The van der Waals surface area contributed by atoms with Crippen molar-refractivity contribution in [1.82, 2.24) is 9.55 Å². The topological polar surface area (TPSA) is 60.9 Å². The fourth-order valence-corrected chi connectivity index (χ4v) is 1.01. The van der Waals surface area contributed by atoms with Crippen LogP contribution in [0.25, 0.3) is 0 Å². The van der Waals surface area contributed by atoms with Crippen molar-refractivity contribution in [3.8, 4) is 0 Å². The van der Waals surface area contributed by atoms with E-state index in [-0.39, 0.29) is 17.1 Å². The largest absolute Gasteiger partial charge is 0.347 e. The summed E-state index contributed by atoms with van der Waals surface area (Å²) in [6.07, 6.45) is 3.20. The van der Waals surface area contributed by atoms with Gasteiger partial charge in [0.25, 0.3) is 0 Å².